The third kappa shape index (κ3) is 3.12. The Bertz CT molecular complexity index is 565. The summed E-state index contributed by atoms with van der Waals surface area (Å²) in [6.45, 7) is 2.69. The summed E-state index contributed by atoms with van der Waals surface area (Å²) in [6.07, 6.45) is 2.65. The van der Waals surface area contributed by atoms with E-state index in [1.165, 1.54) is 10.4 Å². The van der Waals surface area contributed by atoms with Gasteiger partial charge in [0.15, 0.2) is 0 Å². The Hall–Kier alpha value is -1.88. The van der Waals surface area contributed by atoms with Crippen molar-refractivity contribution in [2.75, 3.05) is 12.4 Å². The van der Waals surface area contributed by atoms with Crippen molar-refractivity contribution < 1.29 is 4.79 Å². The Balaban J connectivity index is 2.05. The number of carbonyl (C=O) groups is 1. The molecule has 0 aliphatic rings. The van der Waals surface area contributed by atoms with E-state index in [0.29, 0.717) is 17.9 Å². The highest BCUT2D eigenvalue weighted by Crippen LogP contribution is 2.17. The van der Waals surface area contributed by atoms with Gasteiger partial charge < -0.3 is 10.6 Å². The first-order valence-electron chi connectivity index (χ1n) is 6.22. The van der Waals surface area contributed by atoms with Crippen molar-refractivity contribution >= 4 is 23.1 Å². The minimum absolute atomic E-state index is 0.104. The second kappa shape index (κ2) is 6.33. The largest absolute Gasteiger partial charge is 0.372 e. The van der Waals surface area contributed by atoms with Crippen molar-refractivity contribution in [2.24, 2.45) is 0 Å². The predicted molar refractivity (Wildman–Crippen MR) is 78.7 cm³/mol. The molecule has 5 heteroatoms. The van der Waals surface area contributed by atoms with Crippen molar-refractivity contribution in [2.45, 2.75) is 19.9 Å². The summed E-state index contributed by atoms with van der Waals surface area (Å²) in [6, 6.07) is 5.64. The summed E-state index contributed by atoms with van der Waals surface area (Å²) in [5, 5.41) is 7.92. The van der Waals surface area contributed by atoms with Crippen LogP contribution >= 0.6 is 11.3 Å². The zero-order chi connectivity index (χ0) is 13.7. The zero-order valence-corrected chi connectivity index (χ0v) is 11.9. The normalized spacial score (nSPS) is 10.2. The minimum Gasteiger partial charge on any atom is -0.372 e. The molecule has 2 N–H and O–H groups in total. The van der Waals surface area contributed by atoms with Crippen LogP contribution in [0.5, 0.6) is 0 Å². The molecular weight excluding hydrogens is 258 g/mol. The first-order chi connectivity index (χ1) is 9.26. The number of hydrogen-bond acceptors (Lipinski definition) is 4. The monoisotopic (exact) mass is 275 g/mol. The first-order valence-corrected chi connectivity index (χ1v) is 7.10. The number of aromatic nitrogens is 1. The molecule has 0 spiro atoms. The Morgan fingerprint density at radius 1 is 1.42 bits per heavy atom. The number of anilines is 1. The van der Waals surface area contributed by atoms with Crippen molar-refractivity contribution in [3.05, 3.63) is 45.8 Å². The molecule has 0 unspecified atom stereocenters. The van der Waals surface area contributed by atoms with Gasteiger partial charge in [0.2, 0.25) is 0 Å². The number of hydrogen-bond donors (Lipinski definition) is 2. The third-order valence-corrected chi connectivity index (χ3v) is 3.88. The molecule has 0 aromatic carbocycles. The number of thiophene rings is 1. The number of pyridine rings is 1. The fraction of sp³-hybridized carbons (Fsp3) is 0.286. The van der Waals surface area contributed by atoms with Gasteiger partial charge >= 0.3 is 0 Å². The van der Waals surface area contributed by atoms with Crippen LogP contribution in [0.4, 0.5) is 5.82 Å². The van der Waals surface area contributed by atoms with Crippen molar-refractivity contribution in [1.29, 1.82) is 0 Å². The van der Waals surface area contributed by atoms with Crippen LogP contribution in [-0.4, -0.2) is 17.9 Å². The van der Waals surface area contributed by atoms with Crippen molar-refractivity contribution in [3.63, 3.8) is 0 Å². The van der Waals surface area contributed by atoms with Gasteiger partial charge in [0.1, 0.15) is 5.82 Å². The van der Waals surface area contributed by atoms with Gasteiger partial charge in [-0.15, -0.1) is 11.3 Å². The first kappa shape index (κ1) is 13.5. The number of nitrogens with one attached hydrogen (secondary N) is 2. The predicted octanol–water partition coefficient (Wildman–Crippen LogP) is 2.68. The minimum atomic E-state index is -0.104. The molecule has 100 valence electrons. The maximum atomic E-state index is 12.1. The van der Waals surface area contributed by atoms with Crippen LogP contribution in [0.1, 0.15) is 27.7 Å². The molecule has 0 atom stereocenters. The molecule has 0 aliphatic heterocycles. The van der Waals surface area contributed by atoms with Gasteiger partial charge in [0.25, 0.3) is 5.91 Å². The molecule has 0 radical (unpaired) electrons. The van der Waals surface area contributed by atoms with Crippen LogP contribution in [0.15, 0.2) is 29.8 Å². The Kier molecular flexibility index (Phi) is 4.52. The number of carbonyl (C=O) groups excluding carboxylic acids is 1. The molecule has 0 saturated carbocycles. The molecule has 2 aromatic heterocycles. The van der Waals surface area contributed by atoms with E-state index in [9.17, 15) is 4.79 Å². The Labute approximate surface area is 116 Å². The van der Waals surface area contributed by atoms with Crippen LogP contribution in [0.2, 0.25) is 0 Å². The van der Waals surface area contributed by atoms with Crippen LogP contribution < -0.4 is 10.6 Å². The summed E-state index contributed by atoms with van der Waals surface area (Å²) in [5.74, 6) is 0.495. The highest BCUT2D eigenvalue weighted by Gasteiger charge is 2.11. The van der Waals surface area contributed by atoms with E-state index in [4.69, 9.17) is 0 Å². The third-order valence-electron chi connectivity index (χ3n) is 2.92. The molecule has 0 fully saturated rings. The molecule has 4 nitrogen and oxygen atoms in total. The molecule has 0 saturated heterocycles. The van der Waals surface area contributed by atoms with E-state index in [1.54, 1.807) is 36.7 Å². The number of rotatable bonds is 5. The summed E-state index contributed by atoms with van der Waals surface area (Å²) < 4.78 is 0. The van der Waals surface area contributed by atoms with Gasteiger partial charge in [-0.05, 0) is 35.6 Å². The summed E-state index contributed by atoms with van der Waals surface area (Å²) in [5.41, 5.74) is 1.87. The zero-order valence-electron chi connectivity index (χ0n) is 11.1. The smallest absolute Gasteiger partial charge is 0.255 e. The topological polar surface area (TPSA) is 54.0 Å². The summed E-state index contributed by atoms with van der Waals surface area (Å²) in [7, 11) is 1.76. The average Bonchev–Trinajstić information content (AvgIpc) is 2.92. The van der Waals surface area contributed by atoms with Gasteiger partial charge in [-0.2, -0.15) is 0 Å². The SMILES string of the molecule is CCc1ccsc1CNC(=O)c1cccnc1NC. The molecule has 19 heavy (non-hydrogen) atoms. The van der Waals surface area contributed by atoms with Gasteiger partial charge in [0, 0.05) is 18.1 Å². The van der Waals surface area contributed by atoms with E-state index in [2.05, 4.69) is 34.0 Å². The number of nitrogens with zero attached hydrogens (tertiary/aromatic N) is 1. The molecule has 2 rings (SSSR count). The van der Waals surface area contributed by atoms with Crippen molar-refractivity contribution in [1.82, 2.24) is 10.3 Å². The lowest BCUT2D eigenvalue weighted by Gasteiger charge is -2.08. The lowest BCUT2D eigenvalue weighted by molar-refractivity contribution is 0.0952. The standard InChI is InChI=1S/C14H17N3OS/c1-3-10-6-8-19-12(10)9-17-14(18)11-5-4-7-16-13(11)15-2/h4-8H,3,9H2,1-2H3,(H,15,16)(H,17,18). The van der Waals surface area contributed by atoms with Gasteiger partial charge in [-0.3, -0.25) is 4.79 Å². The molecule has 1 amide bonds. The summed E-state index contributed by atoms with van der Waals surface area (Å²) in [4.78, 5) is 17.5. The summed E-state index contributed by atoms with van der Waals surface area (Å²) >= 11 is 1.68. The fourth-order valence-corrected chi connectivity index (χ4v) is 2.80. The van der Waals surface area contributed by atoms with Crippen LogP contribution in [0, 0.1) is 0 Å². The van der Waals surface area contributed by atoms with Crippen LogP contribution in [-0.2, 0) is 13.0 Å². The van der Waals surface area contributed by atoms with E-state index in [0.717, 1.165) is 6.42 Å². The maximum absolute atomic E-state index is 12.1. The highest BCUT2D eigenvalue weighted by atomic mass is 32.1. The van der Waals surface area contributed by atoms with E-state index in [-0.39, 0.29) is 5.91 Å². The number of amides is 1. The second-order valence-corrected chi connectivity index (χ2v) is 5.06. The van der Waals surface area contributed by atoms with E-state index in [1.807, 2.05) is 0 Å². The lowest BCUT2D eigenvalue weighted by Crippen LogP contribution is -2.24. The Morgan fingerprint density at radius 2 is 2.26 bits per heavy atom. The van der Waals surface area contributed by atoms with E-state index >= 15 is 0 Å². The highest BCUT2D eigenvalue weighted by molar-refractivity contribution is 7.10. The second-order valence-electron chi connectivity index (χ2n) is 4.05. The lowest BCUT2D eigenvalue weighted by atomic mass is 10.2. The van der Waals surface area contributed by atoms with Crippen LogP contribution in [0.3, 0.4) is 0 Å². The van der Waals surface area contributed by atoms with Crippen molar-refractivity contribution in [3.8, 4) is 0 Å². The molecule has 2 aromatic rings. The quantitative estimate of drug-likeness (QED) is 0.882. The molecule has 0 aliphatic carbocycles. The van der Waals surface area contributed by atoms with Crippen LogP contribution in [0.25, 0.3) is 0 Å². The molecule has 2 heterocycles. The van der Waals surface area contributed by atoms with Gasteiger partial charge in [-0.1, -0.05) is 6.92 Å². The molecular formula is C14H17N3OS. The average molecular weight is 275 g/mol. The number of aryl methyl sites for hydroxylation is 1. The maximum Gasteiger partial charge on any atom is 0.255 e. The fourth-order valence-electron chi connectivity index (χ4n) is 1.88. The molecule has 0 bridgehead atoms. The van der Waals surface area contributed by atoms with E-state index < -0.39 is 0 Å². The Morgan fingerprint density at radius 3 is 3.00 bits per heavy atom. The van der Waals surface area contributed by atoms with Gasteiger partial charge in [0.05, 0.1) is 12.1 Å². The van der Waals surface area contributed by atoms with Gasteiger partial charge in [-0.25, -0.2) is 4.98 Å².